The van der Waals surface area contributed by atoms with E-state index in [0.29, 0.717) is 0 Å². The van der Waals surface area contributed by atoms with Crippen molar-refractivity contribution in [2.75, 3.05) is 0 Å². The Morgan fingerprint density at radius 3 is 1.82 bits per heavy atom. The van der Waals surface area contributed by atoms with E-state index < -0.39 is 0 Å². The van der Waals surface area contributed by atoms with Crippen molar-refractivity contribution >= 4 is 65.2 Å². The standard InChI is InChI=1S/C38H24N2/c1-2-13-28(14-3-1)39-34-17-9-8-16-31(34)32-23-33-37(24-36(32)39)40(29-20-18-25-10-4-5-12-27(25)22-29)35-21-19-26-11-6-7-15-30(26)38(33)35/h1-24H. The zero-order valence-corrected chi connectivity index (χ0v) is 21.8. The van der Waals surface area contributed by atoms with E-state index in [9.17, 15) is 0 Å². The fourth-order valence-corrected chi connectivity index (χ4v) is 6.70. The van der Waals surface area contributed by atoms with Crippen LogP contribution in [0, 0.1) is 0 Å². The molecule has 2 heteroatoms. The molecule has 0 saturated carbocycles. The third kappa shape index (κ3) is 2.93. The van der Waals surface area contributed by atoms with Gasteiger partial charge in [0.05, 0.1) is 22.1 Å². The van der Waals surface area contributed by atoms with Crippen molar-refractivity contribution < 1.29 is 0 Å². The topological polar surface area (TPSA) is 9.86 Å². The Hall–Kier alpha value is -5.34. The van der Waals surface area contributed by atoms with Gasteiger partial charge in [-0.2, -0.15) is 0 Å². The maximum absolute atomic E-state index is 2.45. The Balaban J connectivity index is 1.51. The summed E-state index contributed by atoms with van der Waals surface area (Å²) in [4.78, 5) is 0. The molecule has 0 aliphatic rings. The summed E-state index contributed by atoms with van der Waals surface area (Å²) < 4.78 is 4.86. The average Bonchev–Trinajstić information content (AvgIpc) is 3.52. The molecule has 0 fully saturated rings. The van der Waals surface area contributed by atoms with Crippen LogP contribution in [0.1, 0.15) is 0 Å². The summed E-state index contributed by atoms with van der Waals surface area (Å²) in [6.07, 6.45) is 0. The highest BCUT2D eigenvalue weighted by Gasteiger charge is 2.19. The molecule has 9 rings (SSSR count). The van der Waals surface area contributed by atoms with Crippen molar-refractivity contribution in [1.82, 2.24) is 9.13 Å². The third-order valence-corrected chi connectivity index (χ3v) is 8.45. The number of rotatable bonds is 2. The molecule has 2 nitrogen and oxygen atoms in total. The second-order valence-electron chi connectivity index (χ2n) is 10.6. The summed E-state index contributed by atoms with van der Waals surface area (Å²) >= 11 is 0. The summed E-state index contributed by atoms with van der Waals surface area (Å²) in [7, 11) is 0. The van der Waals surface area contributed by atoms with Crippen molar-refractivity contribution in [3.05, 3.63) is 146 Å². The van der Waals surface area contributed by atoms with E-state index in [1.807, 2.05) is 0 Å². The molecule has 186 valence electrons. The number of aromatic nitrogens is 2. The second kappa shape index (κ2) is 8.08. The maximum Gasteiger partial charge on any atom is 0.0562 e. The van der Waals surface area contributed by atoms with Gasteiger partial charge in [-0.3, -0.25) is 0 Å². The molecular formula is C38H24N2. The van der Waals surface area contributed by atoms with E-state index in [2.05, 4.69) is 155 Å². The molecule has 7 aromatic carbocycles. The van der Waals surface area contributed by atoms with Gasteiger partial charge >= 0.3 is 0 Å². The molecule has 0 aliphatic heterocycles. The number of hydrogen-bond donors (Lipinski definition) is 0. The molecule has 0 saturated heterocycles. The van der Waals surface area contributed by atoms with E-state index in [4.69, 9.17) is 0 Å². The van der Waals surface area contributed by atoms with Crippen LogP contribution < -0.4 is 0 Å². The first-order chi connectivity index (χ1) is 19.8. The van der Waals surface area contributed by atoms with E-state index in [0.717, 1.165) is 0 Å². The molecule has 0 radical (unpaired) electrons. The predicted octanol–water partition coefficient (Wildman–Crippen LogP) is 10.2. The minimum atomic E-state index is 1.17. The zero-order valence-electron chi connectivity index (χ0n) is 21.8. The van der Waals surface area contributed by atoms with Crippen LogP contribution in [-0.2, 0) is 0 Å². The lowest BCUT2D eigenvalue weighted by atomic mass is 10.0. The van der Waals surface area contributed by atoms with Crippen molar-refractivity contribution in [1.29, 1.82) is 0 Å². The number of fused-ring (bicyclic) bond motifs is 9. The van der Waals surface area contributed by atoms with Gasteiger partial charge in [-0.05, 0) is 70.1 Å². The van der Waals surface area contributed by atoms with Crippen LogP contribution in [0.4, 0.5) is 0 Å². The molecule has 0 aliphatic carbocycles. The van der Waals surface area contributed by atoms with Crippen LogP contribution in [0.5, 0.6) is 0 Å². The average molecular weight is 509 g/mol. The van der Waals surface area contributed by atoms with Crippen LogP contribution >= 0.6 is 0 Å². The molecule has 0 amide bonds. The van der Waals surface area contributed by atoms with Gasteiger partial charge in [-0.1, -0.05) is 97.1 Å². The van der Waals surface area contributed by atoms with Crippen LogP contribution in [-0.4, -0.2) is 9.13 Å². The zero-order chi connectivity index (χ0) is 26.2. The molecule has 0 spiro atoms. The monoisotopic (exact) mass is 508 g/mol. The largest absolute Gasteiger partial charge is 0.309 e. The quantitative estimate of drug-likeness (QED) is 0.220. The highest BCUT2D eigenvalue weighted by molar-refractivity contribution is 6.25. The molecule has 2 heterocycles. The van der Waals surface area contributed by atoms with Gasteiger partial charge in [0.25, 0.3) is 0 Å². The molecule has 0 unspecified atom stereocenters. The van der Waals surface area contributed by atoms with E-state index in [1.165, 1.54) is 76.5 Å². The molecular weight excluding hydrogens is 484 g/mol. The fraction of sp³-hybridized carbons (Fsp3) is 0. The van der Waals surface area contributed by atoms with E-state index in [1.54, 1.807) is 0 Å². The van der Waals surface area contributed by atoms with Crippen LogP contribution in [0.15, 0.2) is 146 Å². The second-order valence-corrected chi connectivity index (χ2v) is 10.6. The van der Waals surface area contributed by atoms with Gasteiger partial charge < -0.3 is 9.13 Å². The Morgan fingerprint density at radius 1 is 0.300 bits per heavy atom. The smallest absolute Gasteiger partial charge is 0.0562 e. The van der Waals surface area contributed by atoms with Crippen molar-refractivity contribution in [3.63, 3.8) is 0 Å². The first-order valence-corrected chi connectivity index (χ1v) is 13.8. The van der Waals surface area contributed by atoms with Crippen LogP contribution in [0.2, 0.25) is 0 Å². The molecule has 40 heavy (non-hydrogen) atoms. The minimum absolute atomic E-state index is 1.17. The van der Waals surface area contributed by atoms with E-state index in [-0.39, 0.29) is 0 Å². The Labute approximate surface area is 230 Å². The molecule has 0 bridgehead atoms. The predicted molar refractivity (Wildman–Crippen MR) is 170 cm³/mol. The van der Waals surface area contributed by atoms with Crippen LogP contribution in [0.3, 0.4) is 0 Å². The van der Waals surface area contributed by atoms with Crippen LogP contribution in [0.25, 0.3) is 76.5 Å². The number of nitrogens with zero attached hydrogens (tertiary/aromatic N) is 2. The normalized spacial score (nSPS) is 12.0. The Kier molecular flexibility index (Phi) is 4.36. The third-order valence-electron chi connectivity index (χ3n) is 8.45. The van der Waals surface area contributed by atoms with Gasteiger partial charge in [0.1, 0.15) is 0 Å². The molecule has 9 aromatic rings. The highest BCUT2D eigenvalue weighted by Crippen LogP contribution is 2.42. The molecule has 0 atom stereocenters. The molecule has 2 aromatic heterocycles. The summed E-state index contributed by atoms with van der Waals surface area (Å²) in [6, 6.07) is 53.0. The minimum Gasteiger partial charge on any atom is -0.309 e. The number of benzene rings is 7. The fourth-order valence-electron chi connectivity index (χ4n) is 6.70. The summed E-state index contributed by atoms with van der Waals surface area (Å²) in [5.74, 6) is 0. The first kappa shape index (κ1) is 21.6. The summed E-state index contributed by atoms with van der Waals surface area (Å²) in [6.45, 7) is 0. The summed E-state index contributed by atoms with van der Waals surface area (Å²) in [5, 5.41) is 10.2. The van der Waals surface area contributed by atoms with Crippen molar-refractivity contribution in [3.8, 4) is 11.4 Å². The van der Waals surface area contributed by atoms with Crippen molar-refractivity contribution in [2.24, 2.45) is 0 Å². The molecule has 0 N–H and O–H groups in total. The Bertz CT molecular complexity index is 2420. The van der Waals surface area contributed by atoms with Crippen molar-refractivity contribution in [2.45, 2.75) is 0 Å². The van der Waals surface area contributed by atoms with E-state index >= 15 is 0 Å². The SMILES string of the molecule is c1ccc(-n2c3ccccc3c3cc4c5c6ccccc6ccc5n(-c5ccc6ccccc6c5)c4cc32)cc1. The number of para-hydroxylation sites is 2. The lowest BCUT2D eigenvalue weighted by molar-refractivity contribution is 1.17. The maximum atomic E-state index is 2.45. The van der Waals surface area contributed by atoms with Gasteiger partial charge in [-0.15, -0.1) is 0 Å². The Morgan fingerprint density at radius 2 is 0.950 bits per heavy atom. The number of hydrogen-bond acceptors (Lipinski definition) is 0. The van der Waals surface area contributed by atoms with Gasteiger partial charge in [0.15, 0.2) is 0 Å². The van der Waals surface area contributed by atoms with Gasteiger partial charge in [0, 0.05) is 32.9 Å². The first-order valence-electron chi connectivity index (χ1n) is 13.8. The van der Waals surface area contributed by atoms with Gasteiger partial charge in [0.2, 0.25) is 0 Å². The van der Waals surface area contributed by atoms with Gasteiger partial charge in [-0.25, -0.2) is 0 Å². The lowest BCUT2D eigenvalue weighted by Gasteiger charge is -2.11. The summed E-state index contributed by atoms with van der Waals surface area (Å²) in [5.41, 5.74) is 7.24. The highest BCUT2D eigenvalue weighted by atomic mass is 15.0. The lowest BCUT2D eigenvalue weighted by Crippen LogP contribution is -1.96.